The molecule has 0 saturated heterocycles. The summed E-state index contributed by atoms with van der Waals surface area (Å²) in [5.41, 5.74) is -0.191. The third kappa shape index (κ3) is 4.59. The maximum absolute atomic E-state index is 12.8. The van der Waals surface area contributed by atoms with Gasteiger partial charge in [-0.1, -0.05) is 15.9 Å². The first-order valence-electron chi connectivity index (χ1n) is 9.11. The molecule has 3 aromatic rings. The van der Waals surface area contributed by atoms with Gasteiger partial charge in [-0.3, -0.25) is 14.9 Å². The summed E-state index contributed by atoms with van der Waals surface area (Å²) < 4.78 is 12.2. The van der Waals surface area contributed by atoms with E-state index in [1.165, 1.54) is 26.3 Å². The van der Waals surface area contributed by atoms with Crippen LogP contribution in [0.25, 0.3) is 10.9 Å². The third-order valence-electron chi connectivity index (χ3n) is 4.41. The lowest BCUT2D eigenvalue weighted by molar-refractivity contribution is -0.386. The number of hydrogen-bond donors (Lipinski definition) is 1. The molecule has 2 aromatic carbocycles. The Balaban J connectivity index is 2.09. The van der Waals surface area contributed by atoms with Gasteiger partial charge in [-0.2, -0.15) is 9.78 Å². The van der Waals surface area contributed by atoms with Gasteiger partial charge in [0, 0.05) is 16.1 Å². The van der Waals surface area contributed by atoms with Crippen molar-refractivity contribution < 1.29 is 24.3 Å². The van der Waals surface area contributed by atoms with E-state index in [9.17, 15) is 19.7 Å². The topological polar surface area (TPSA) is 146 Å². The Labute approximate surface area is 189 Å². The van der Waals surface area contributed by atoms with E-state index >= 15 is 0 Å². The van der Waals surface area contributed by atoms with Gasteiger partial charge in [0.25, 0.3) is 5.56 Å². The quantitative estimate of drug-likeness (QED) is 0.293. The maximum atomic E-state index is 12.8. The molecule has 0 aliphatic rings. The molecule has 32 heavy (non-hydrogen) atoms. The Morgan fingerprint density at radius 1 is 1.38 bits per heavy atom. The van der Waals surface area contributed by atoms with E-state index < -0.39 is 28.2 Å². The van der Waals surface area contributed by atoms with E-state index in [1.54, 1.807) is 25.1 Å². The van der Waals surface area contributed by atoms with Crippen LogP contribution < -0.4 is 15.0 Å². The fourth-order valence-electron chi connectivity index (χ4n) is 2.84. The second-order valence-electron chi connectivity index (χ2n) is 6.61. The van der Waals surface area contributed by atoms with Gasteiger partial charge < -0.3 is 14.6 Å². The molecular formula is C20H17BrN4O7. The summed E-state index contributed by atoms with van der Waals surface area (Å²) >= 11 is 3.31. The molecule has 0 radical (unpaired) electrons. The molecule has 3 rings (SSSR count). The highest BCUT2D eigenvalue weighted by Gasteiger charge is 2.26. The largest absolute Gasteiger partial charge is 0.493 e. The first-order chi connectivity index (χ1) is 15.1. The van der Waals surface area contributed by atoms with Crippen LogP contribution in [0.1, 0.15) is 18.3 Å². The van der Waals surface area contributed by atoms with Crippen LogP contribution in [0.4, 0.5) is 5.69 Å². The van der Waals surface area contributed by atoms with Crippen molar-refractivity contribution >= 4 is 44.7 Å². The number of benzene rings is 2. The van der Waals surface area contributed by atoms with Crippen molar-refractivity contribution in [2.24, 2.45) is 5.10 Å². The van der Waals surface area contributed by atoms with Crippen molar-refractivity contribution in [1.82, 2.24) is 9.66 Å². The summed E-state index contributed by atoms with van der Waals surface area (Å²) in [7, 11) is 1.26. The Hall–Kier alpha value is -3.80. The number of ether oxygens (including phenoxy) is 2. The summed E-state index contributed by atoms with van der Waals surface area (Å²) in [5.74, 6) is -1.36. The molecule has 12 heteroatoms. The number of carboxylic acids is 1. The smallest absolute Gasteiger partial charge is 0.344 e. The molecule has 0 bridgehead atoms. The number of nitrogens with zero attached hydrogens (tertiary/aromatic N) is 4. The fraction of sp³-hybridized carbons (Fsp3) is 0.200. The zero-order valence-electron chi connectivity index (χ0n) is 17.1. The van der Waals surface area contributed by atoms with Gasteiger partial charge in [-0.15, -0.1) is 0 Å². The predicted molar refractivity (Wildman–Crippen MR) is 119 cm³/mol. The summed E-state index contributed by atoms with van der Waals surface area (Å²) in [6, 6.07) is 7.61. The van der Waals surface area contributed by atoms with E-state index in [0.717, 1.165) is 10.7 Å². The number of aryl methyl sites for hydroxylation is 1. The third-order valence-corrected chi connectivity index (χ3v) is 4.90. The Bertz CT molecular complexity index is 1320. The zero-order chi connectivity index (χ0) is 23.6. The SMILES string of the molecule is COc1cc(C=Nn2c(C)nc3ccc(Br)cc3c2=O)cc([N+](=O)[O-])c1O[C@@H](C)C(=O)O. The lowest BCUT2D eigenvalue weighted by atomic mass is 10.2. The van der Waals surface area contributed by atoms with Crippen LogP contribution in [0, 0.1) is 17.0 Å². The minimum atomic E-state index is -1.34. The number of hydrogen-bond acceptors (Lipinski definition) is 8. The zero-order valence-corrected chi connectivity index (χ0v) is 18.7. The number of carboxylic acid groups (broad SMARTS) is 1. The molecule has 0 unspecified atom stereocenters. The number of halogens is 1. The second-order valence-corrected chi connectivity index (χ2v) is 7.52. The van der Waals surface area contributed by atoms with E-state index in [0.29, 0.717) is 21.2 Å². The van der Waals surface area contributed by atoms with Crippen molar-refractivity contribution in [3.8, 4) is 11.5 Å². The number of aromatic nitrogens is 2. The maximum Gasteiger partial charge on any atom is 0.344 e. The summed E-state index contributed by atoms with van der Waals surface area (Å²) in [4.78, 5) is 39.1. The molecule has 0 amide bonds. The Morgan fingerprint density at radius 3 is 2.72 bits per heavy atom. The normalized spacial score (nSPS) is 12.1. The van der Waals surface area contributed by atoms with E-state index in [4.69, 9.17) is 14.6 Å². The molecule has 0 aliphatic carbocycles. The molecule has 11 nitrogen and oxygen atoms in total. The van der Waals surface area contributed by atoms with Gasteiger partial charge in [-0.05, 0) is 38.1 Å². The number of methoxy groups -OCH3 is 1. The minimum Gasteiger partial charge on any atom is -0.493 e. The Kier molecular flexibility index (Phi) is 6.53. The van der Waals surface area contributed by atoms with Crippen molar-refractivity contribution in [2.45, 2.75) is 20.0 Å². The van der Waals surface area contributed by atoms with Crippen LogP contribution in [0.15, 0.2) is 44.7 Å². The summed E-state index contributed by atoms with van der Waals surface area (Å²) in [5, 5.41) is 25.1. The van der Waals surface area contributed by atoms with Gasteiger partial charge >= 0.3 is 11.7 Å². The lowest BCUT2D eigenvalue weighted by Crippen LogP contribution is -2.23. The van der Waals surface area contributed by atoms with Crippen LogP contribution in [0.3, 0.4) is 0 Å². The van der Waals surface area contributed by atoms with Crippen LogP contribution >= 0.6 is 15.9 Å². The average Bonchev–Trinajstić information content (AvgIpc) is 2.74. The van der Waals surface area contributed by atoms with Gasteiger partial charge in [0.05, 0.1) is 29.2 Å². The molecule has 1 N–H and O–H groups in total. The molecule has 1 heterocycles. The Morgan fingerprint density at radius 2 is 2.09 bits per heavy atom. The number of carbonyl (C=O) groups is 1. The molecule has 0 saturated carbocycles. The van der Waals surface area contributed by atoms with E-state index in [1.807, 2.05) is 0 Å². The standard InChI is InChI=1S/C20H17BrN4O7/c1-10(20(27)28)32-18-16(25(29)30)6-12(7-17(18)31-3)9-22-24-11(2)23-15-5-4-13(21)8-14(15)19(24)26/h4-10H,1-3H3,(H,27,28)/t10-/m0/s1. The number of nitro benzene ring substituents is 1. The van der Waals surface area contributed by atoms with Crippen molar-refractivity contribution in [3.05, 3.63) is 66.7 Å². The number of nitro groups is 1. The fourth-order valence-corrected chi connectivity index (χ4v) is 3.20. The molecule has 0 spiro atoms. The molecule has 1 atom stereocenters. The highest BCUT2D eigenvalue weighted by atomic mass is 79.9. The number of aliphatic carboxylic acids is 1. The van der Waals surface area contributed by atoms with E-state index in [2.05, 4.69) is 26.0 Å². The van der Waals surface area contributed by atoms with Crippen LogP contribution in [-0.2, 0) is 4.79 Å². The predicted octanol–water partition coefficient (Wildman–Crippen LogP) is 3.12. The van der Waals surface area contributed by atoms with Gasteiger partial charge in [0.15, 0.2) is 11.9 Å². The number of fused-ring (bicyclic) bond motifs is 1. The molecular weight excluding hydrogens is 488 g/mol. The second kappa shape index (κ2) is 9.14. The van der Waals surface area contributed by atoms with Gasteiger partial charge in [0.2, 0.25) is 5.75 Å². The van der Waals surface area contributed by atoms with E-state index in [-0.39, 0.29) is 17.1 Å². The van der Waals surface area contributed by atoms with Crippen LogP contribution in [0.2, 0.25) is 0 Å². The molecule has 0 aliphatic heterocycles. The van der Waals surface area contributed by atoms with Crippen LogP contribution in [-0.4, -0.2) is 45.1 Å². The average molecular weight is 505 g/mol. The highest BCUT2D eigenvalue weighted by Crippen LogP contribution is 2.38. The summed E-state index contributed by atoms with van der Waals surface area (Å²) in [6.07, 6.45) is -0.105. The van der Waals surface area contributed by atoms with Crippen LogP contribution in [0.5, 0.6) is 11.5 Å². The first-order valence-corrected chi connectivity index (χ1v) is 9.90. The highest BCUT2D eigenvalue weighted by molar-refractivity contribution is 9.10. The van der Waals surface area contributed by atoms with Crippen molar-refractivity contribution in [2.75, 3.05) is 7.11 Å². The van der Waals surface area contributed by atoms with Crippen molar-refractivity contribution in [3.63, 3.8) is 0 Å². The minimum absolute atomic E-state index is 0.0571. The van der Waals surface area contributed by atoms with Crippen molar-refractivity contribution in [1.29, 1.82) is 0 Å². The summed E-state index contributed by atoms with van der Waals surface area (Å²) in [6.45, 7) is 2.84. The lowest BCUT2D eigenvalue weighted by Gasteiger charge is -2.14. The van der Waals surface area contributed by atoms with Gasteiger partial charge in [0.1, 0.15) is 5.82 Å². The molecule has 166 valence electrons. The molecule has 0 fully saturated rings. The number of rotatable bonds is 7. The first kappa shape index (κ1) is 22.9. The monoisotopic (exact) mass is 504 g/mol. The van der Waals surface area contributed by atoms with Gasteiger partial charge in [-0.25, -0.2) is 9.78 Å². The molecule has 1 aromatic heterocycles.